The van der Waals surface area contributed by atoms with Gasteiger partial charge in [0.2, 0.25) is 10.0 Å². The molecule has 0 fully saturated rings. The third-order valence-corrected chi connectivity index (χ3v) is 4.35. The normalized spacial score (nSPS) is 12.3. The van der Waals surface area contributed by atoms with Crippen molar-refractivity contribution in [1.29, 1.82) is 0 Å². The molecule has 0 amide bonds. The number of benzene rings is 1. The summed E-state index contributed by atoms with van der Waals surface area (Å²) in [5, 5.41) is 0. The summed E-state index contributed by atoms with van der Waals surface area (Å²) in [4.78, 5) is 11.3. The quantitative estimate of drug-likeness (QED) is 0.399. The SMILES string of the molecule is CCOC(=O)C[C@@H](N)NS(=O)(=O)c1ccc(I)cc1.Cl. The fraction of sp³-hybridized carbons (Fsp3) is 0.364. The first-order valence-corrected chi connectivity index (χ1v) is 8.10. The number of ether oxygens (including phenoxy) is 1. The van der Waals surface area contributed by atoms with E-state index in [1.54, 1.807) is 19.1 Å². The average Bonchev–Trinajstić information content (AvgIpc) is 2.28. The van der Waals surface area contributed by atoms with Gasteiger partial charge in [-0.25, -0.2) is 8.42 Å². The Hall–Kier alpha value is -0.420. The second-order valence-corrected chi connectivity index (χ2v) is 6.65. The lowest BCUT2D eigenvalue weighted by molar-refractivity contribution is -0.143. The van der Waals surface area contributed by atoms with Gasteiger partial charge in [0.1, 0.15) is 0 Å². The molecule has 3 N–H and O–H groups in total. The Bertz CT molecular complexity index is 536. The number of nitrogens with two attached hydrogens (primary N) is 1. The lowest BCUT2D eigenvalue weighted by atomic mass is 10.4. The van der Waals surface area contributed by atoms with Crippen molar-refractivity contribution in [3.05, 3.63) is 27.8 Å². The van der Waals surface area contributed by atoms with Crippen molar-refractivity contribution in [3.8, 4) is 0 Å². The molecule has 1 rings (SSSR count). The minimum Gasteiger partial charge on any atom is -0.466 e. The Labute approximate surface area is 138 Å². The molecule has 0 aliphatic rings. The highest BCUT2D eigenvalue weighted by atomic mass is 127. The molecule has 0 unspecified atom stereocenters. The van der Waals surface area contributed by atoms with E-state index in [1.165, 1.54) is 12.1 Å². The van der Waals surface area contributed by atoms with Gasteiger partial charge in [-0.15, -0.1) is 12.4 Å². The summed E-state index contributed by atoms with van der Waals surface area (Å²) in [6.45, 7) is 1.90. The first-order chi connectivity index (χ1) is 8.85. The summed E-state index contributed by atoms with van der Waals surface area (Å²) in [6.07, 6.45) is -1.22. The number of halogens is 2. The van der Waals surface area contributed by atoms with Crippen LogP contribution in [0.2, 0.25) is 0 Å². The summed E-state index contributed by atoms with van der Waals surface area (Å²) >= 11 is 2.07. The number of carbonyl (C=O) groups excluding carboxylic acids is 1. The number of carbonyl (C=O) groups is 1. The van der Waals surface area contributed by atoms with Gasteiger partial charge in [-0.1, -0.05) is 0 Å². The van der Waals surface area contributed by atoms with Gasteiger partial charge in [0.25, 0.3) is 0 Å². The maximum Gasteiger partial charge on any atom is 0.308 e. The van der Waals surface area contributed by atoms with Crippen LogP contribution in [0.3, 0.4) is 0 Å². The fourth-order valence-electron chi connectivity index (χ4n) is 1.32. The van der Waals surface area contributed by atoms with Crippen molar-refractivity contribution in [2.75, 3.05) is 6.61 Å². The molecule has 1 aromatic rings. The lowest BCUT2D eigenvalue weighted by Crippen LogP contribution is -2.43. The molecule has 6 nitrogen and oxygen atoms in total. The second-order valence-electron chi connectivity index (χ2n) is 3.69. The predicted molar refractivity (Wildman–Crippen MR) is 86.0 cm³/mol. The van der Waals surface area contributed by atoms with Crippen molar-refractivity contribution in [3.63, 3.8) is 0 Å². The van der Waals surface area contributed by atoms with Crippen LogP contribution in [0.15, 0.2) is 29.2 Å². The van der Waals surface area contributed by atoms with Gasteiger partial charge >= 0.3 is 5.97 Å². The minimum atomic E-state index is -3.72. The van der Waals surface area contributed by atoms with Crippen LogP contribution in [-0.2, 0) is 19.6 Å². The Morgan fingerprint density at radius 3 is 2.45 bits per heavy atom. The topological polar surface area (TPSA) is 98.5 Å². The van der Waals surface area contributed by atoms with Crippen molar-refractivity contribution in [1.82, 2.24) is 4.72 Å². The van der Waals surface area contributed by atoms with Gasteiger partial charge in [-0.3, -0.25) is 4.79 Å². The van der Waals surface area contributed by atoms with Crippen LogP contribution in [0.5, 0.6) is 0 Å². The van der Waals surface area contributed by atoms with E-state index in [4.69, 9.17) is 10.5 Å². The number of nitrogens with one attached hydrogen (secondary N) is 1. The third-order valence-electron chi connectivity index (χ3n) is 2.12. The third kappa shape index (κ3) is 6.35. The van der Waals surface area contributed by atoms with Crippen LogP contribution in [0.1, 0.15) is 13.3 Å². The smallest absolute Gasteiger partial charge is 0.308 e. The van der Waals surface area contributed by atoms with Gasteiger partial charge in [-0.2, -0.15) is 4.72 Å². The number of sulfonamides is 1. The van der Waals surface area contributed by atoms with Gasteiger partial charge in [0.05, 0.1) is 24.1 Å². The molecule has 0 spiro atoms. The van der Waals surface area contributed by atoms with Crippen molar-refractivity contribution in [2.24, 2.45) is 5.73 Å². The molecule has 0 radical (unpaired) electrons. The molecule has 0 heterocycles. The molecule has 9 heteroatoms. The molecule has 0 aliphatic heterocycles. The summed E-state index contributed by atoms with van der Waals surface area (Å²) in [5.41, 5.74) is 5.57. The number of esters is 1. The zero-order valence-corrected chi connectivity index (χ0v) is 14.5. The monoisotopic (exact) mass is 434 g/mol. The predicted octanol–water partition coefficient (Wildman–Crippen LogP) is 1.23. The molecule has 0 bridgehead atoms. The highest BCUT2D eigenvalue weighted by molar-refractivity contribution is 14.1. The summed E-state index contributed by atoms with van der Waals surface area (Å²) in [6, 6.07) is 6.29. The maximum atomic E-state index is 11.9. The van der Waals surface area contributed by atoms with Crippen LogP contribution in [-0.4, -0.2) is 27.2 Å². The number of rotatable bonds is 6. The maximum absolute atomic E-state index is 11.9. The van der Waals surface area contributed by atoms with E-state index in [9.17, 15) is 13.2 Å². The van der Waals surface area contributed by atoms with Crippen molar-refractivity contribution < 1.29 is 17.9 Å². The van der Waals surface area contributed by atoms with E-state index in [-0.39, 0.29) is 30.3 Å². The standard InChI is InChI=1S/C11H15IN2O4S.ClH/c1-2-18-11(15)7-10(13)14-19(16,17)9-5-3-8(12)4-6-9;/h3-6,10,14H,2,7,13H2,1H3;1H/t10-;/m0./s1. The molecule has 0 saturated carbocycles. The lowest BCUT2D eigenvalue weighted by Gasteiger charge is -2.13. The largest absolute Gasteiger partial charge is 0.466 e. The highest BCUT2D eigenvalue weighted by Crippen LogP contribution is 2.12. The van der Waals surface area contributed by atoms with Gasteiger partial charge in [-0.05, 0) is 53.8 Å². The molecule has 0 saturated heterocycles. The molecule has 114 valence electrons. The molecule has 20 heavy (non-hydrogen) atoms. The highest BCUT2D eigenvalue weighted by Gasteiger charge is 2.19. The Balaban J connectivity index is 0.00000361. The van der Waals surface area contributed by atoms with Crippen LogP contribution >= 0.6 is 35.0 Å². The molecule has 0 aliphatic carbocycles. The molecule has 0 aromatic heterocycles. The first-order valence-electron chi connectivity index (χ1n) is 5.54. The first kappa shape index (κ1) is 19.6. The summed E-state index contributed by atoms with van der Waals surface area (Å²) in [7, 11) is -3.72. The van der Waals surface area contributed by atoms with Crippen LogP contribution in [0, 0.1) is 3.57 Å². The Morgan fingerprint density at radius 2 is 1.95 bits per heavy atom. The van der Waals surface area contributed by atoms with Crippen LogP contribution in [0.4, 0.5) is 0 Å². The number of hydrogen-bond acceptors (Lipinski definition) is 5. The summed E-state index contributed by atoms with van der Waals surface area (Å²) in [5.74, 6) is -0.541. The van der Waals surface area contributed by atoms with Crippen LogP contribution in [0.25, 0.3) is 0 Å². The second kappa shape index (κ2) is 8.78. The van der Waals surface area contributed by atoms with Gasteiger partial charge < -0.3 is 10.5 Å². The zero-order chi connectivity index (χ0) is 14.5. The summed E-state index contributed by atoms with van der Waals surface area (Å²) < 4.78 is 31.7. The van der Waals surface area contributed by atoms with Crippen LogP contribution < -0.4 is 10.5 Å². The van der Waals surface area contributed by atoms with E-state index in [2.05, 4.69) is 27.3 Å². The Kier molecular flexibility index (Phi) is 8.59. The van der Waals surface area contributed by atoms with E-state index >= 15 is 0 Å². The molecular formula is C11H16ClIN2O4S. The Morgan fingerprint density at radius 1 is 1.40 bits per heavy atom. The fourth-order valence-corrected chi connectivity index (χ4v) is 2.79. The molecular weight excluding hydrogens is 419 g/mol. The van der Waals surface area contributed by atoms with E-state index in [1.807, 2.05) is 0 Å². The zero-order valence-electron chi connectivity index (χ0n) is 10.7. The molecule has 1 aromatic carbocycles. The molecule has 1 atom stereocenters. The van der Waals surface area contributed by atoms with Gasteiger partial charge in [0, 0.05) is 3.57 Å². The van der Waals surface area contributed by atoms with Crippen molar-refractivity contribution in [2.45, 2.75) is 24.4 Å². The van der Waals surface area contributed by atoms with E-state index < -0.39 is 22.2 Å². The van der Waals surface area contributed by atoms with E-state index in [0.717, 1.165) is 3.57 Å². The van der Waals surface area contributed by atoms with Gasteiger partial charge in [0.15, 0.2) is 0 Å². The average molecular weight is 435 g/mol. The van der Waals surface area contributed by atoms with E-state index in [0.29, 0.717) is 0 Å². The minimum absolute atomic E-state index is 0. The van der Waals surface area contributed by atoms with Crippen molar-refractivity contribution >= 4 is 51.0 Å². The number of hydrogen-bond donors (Lipinski definition) is 2.